The Morgan fingerprint density at radius 3 is 2.26 bits per heavy atom. The van der Waals surface area contributed by atoms with E-state index in [4.69, 9.17) is 4.74 Å². The summed E-state index contributed by atoms with van der Waals surface area (Å²) in [7, 11) is 0. The van der Waals surface area contributed by atoms with Crippen LogP contribution in [0, 0.1) is 76.9 Å². The van der Waals surface area contributed by atoms with Gasteiger partial charge in [0.25, 0.3) is 0 Å². The van der Waals surface area contributed by atoms with Crippen molar-refractivity contribution in [2.24, 2.45) is 76.9 Å². The third kappa shape index (κ3) is 2.44. The van der Waals surface area contributed by atoms with Crippen molar-refractivity contribution in [3.05, 3.63) is 0 Å². The van der Waals surface area contributed by atoms with Crippen LogP contribution < -0.4 is 0 Å². The second kappa shape index (κ2) is 6.75. The van der Waals surface area contributed by atoms with E-state index in [1.54, 1.807) is 0 Å². The van der Waals surface area contributed by atoms with Crippen LogP contribution in [0.25, 0.3) is 0 Å². The number of hydrogen-bond donors (Lipinski definition) is 0. The van der Waals surface area contributed by atoms with Gasteiger partial charge in [-0.1, -0.05) is 33.6 Å². The predicted octanol–water partition coefficient (Wildman–Crippen LogP) is 6.73. The Hall–Kier alpha value is -0.530. The minimum absolute atomic E-state index is 0.0968. The summed E-state index contributed by atoms with van der Waals surface area (Å²) in [6, 6.07) is 0. The molecule has 7 fully saturated rings. The molecule has 7 rings (SSSR count). The number of rotatable bonds is 5. The standard InChI is InChI=1S/C29H44O2/c1-4-15-9-16(5-2)26-21-11-19(24(15)26)12-22(21)28(30)31-29(6-3)14-20-13-23(29)27-18-8-7-17(10-18)25(20)27/h15-27H,4-14H2,1-3H3. The lowest BCUT2D eigenvalue weighted by Gasteiger charge is -2.46. The Morgan fingerprint density at radius 2 is 1.52 bits per heavy atom. The van der Waals surface area contributed by atoms with Gasteiger partial charge in [-0.3, -0.25) is 4.79 Å². The highest BCUT2D eigenvalue weighted by Gasteiger charge is 2.68. The maximum atomic E-state index is 13.8. The molecule has 0 aromatic heterocycles. The molecule has 7 saturated carbocycles. The number of esters is 1. The Balaban J connectivity index is 1.10. The van der Waals surface area contributed by atoms with Crippen LogP contribution in [-0.2, 0) is 9.53 Å². The predicted molar refractivity (Wildman–Crippen MR) is 122 cm³/mol. The molecule has 0 spiro atoms. The Morgan fingerprint density at radius 1 is 0.774 bits per heavy atom. The molecule has 0 aromatic rings. The number of ether oxygens (including phenoxy) is 1. The van der Waals surface area contributed by atoms with Crippen LogP contribution in [0.3, 0.4) is 0 Å². The third-order valence-electron chi connectivity index (χ3n) is 13.0. The molecule has 0 radical (unpaired) electrons. The van der Waals surface area contributed by atoms with E-state index in [1.165, 1.54) is 57.8 Å². The number of fused-ring (bicyclic) bond motifs is 14. The van der Waals surface area contributed by atoms with Gasteiger partial charge in [-0.05, 0) is 123 Å². The smallest absolute Gasteiger partial charge is 0.309 e. The van der Waals surface area contributed by atoms with Gasteiger partial charge < -0.3 is 4.74 Å². The van der Waals surface area contributed by atoms with Crippen LogP contribution in [0.5, 0.6) is 0 Å². The van der Waals surface area contributed by atoms with Crippen molar-refractivity contribution in [1.29, 1.82) is 0 Å². The van der Waals surface area contributed by atoms with Gasteiger partial charge in [-0.2, -0.15) is 0 Å². The van der Waals surface area contributed by atoms with E-state index < -0.39 is 0 Å². The fourth-order valence-corrected chi connectivity index (χ4v) is 12.2. The maximum absolute atomic E-state index is 13.8. The van der Waals surface area contributed by atoms with Crippen molar-refractivity contribution in [1.82, 2.24) is 0 Å². The minimum Gasteiger partial charge on any atom is -0.459 e. The van der Waals surface area contributed by atoms with Gasteiger partial charge in [0.05, 0.1) is 5.92 Å². The summed E-state index contributed by atoms with van der Waals surface area (Å²) >= 11 is 0. The summed E-state index contributed by atoms with van der Waals surface area (Å²) in [5.41, 5.74) is -0.0968. The van der Waals surface area contributed by atoms with E-state index >= 15 is 0 Å². The second-order valence-electron chi connectivity index (χ2n) is 13.4. The minimum atomic E-state index is -0.0968. The van der Waals surface area contributed by atoms with Crippen LogP contribution in [0.1, 0.15) is 91.4 Å². The molecule has 7 aliphatic carbocycles. The Labute approximate surface area is 189 Å². The molecule has 31 heavy (non-hydrogen) atoms. The van der Waals surface area contributed by atoms with Gasteiger partial charge in [-0.25, -0.2) is 0 Å². The van der Waals surface area contributed by atoms with Gasteiger partial charge >= 0.3 is 5.97 Å². The molecular weight excluding hydrogens is 380 g/mol. The van der Waals surface area contributed by atoms with Gasteiger partial charge in [0.2, 0.25) is 0 Å². The van der Waals surface area contributed by atoms with Crippen LogP contribution in [0.2, 0.25) is 0 Å². The average molecular weight is 425 g/mol. The zero-order valence-electron chi connectivity index (χ0n) is 20.1. The molecule has 14 atom stereocenters. The molecule has 0 N–H and O–H groups in total. The quantitative estimate of drug-likeness (QED) is 0.361. The molecule has 0 saturated heterocycles. The third-order valence-corrected chi connectivity index (χ3v) is 13.0. The lowest BCUT2D eigenvalue weighted by Crippen LogP contribution is -2.49. The summed E-state index contributed by atoms with van der Waals surface area (Å²) in [6.07, 6.45) is 14.7. The second-order valence-corrected chi connectivity index (χ2v) is 13.4. The zero-order chi connectivity index (χ0) is 21.1. The first-order valence-corrected chi connectivity index (χ1v) is 14.3. The lowest BCUT2D eigenvalue weighted by molar-refractivity contribution is -0.180. The first-order valence-electron chi connectivity index (χ1n) is 14.3. The van der Waals surface area contributed by atoms with Crippen molar-refractivity contribution in [3.8, 4) is 0 Å². The fraction of sp³-hybridized carbons (Fsp3) is 0.966. The van der Waals surface area contributed by atoms with Crippen LogP contribution in [0.4, 0.5) is 0 Å². The molecule has 0 heterocycles. The van der Waals surface area contributed by atoms with Gasteiger partial charge in [0, 0.05) is 5.92 Å². The molecule has 14 unspecified atom stereocenters. The van der Waals surface area contributed by atoms with Crippen molar-refractivity contribution in [2.45, 2.75) is 97.0 Å². The van der Waals surface area contributed by atoms with E-state index in [-0.39, 0.29) is 17.5 Å². The summed E-state index contributed by atoms with van der Waals surface area (Å²) in [5, 5.41) is 0. The molecule has 0 amide bonds. The molecule has 2 heteroatoms. The summed E-state index contributed by atoms with van der Waals surface area (Å²) < 4.78 is 6.77. The van der Waals surface area contributed by atoms with Gasteiger partial charge in [0.1, 0.15) is 5.60 Å². The van der Waals surface area contributed by atoms with Crippen LogP contribution in [0.15, 0.2) is 0 Å². The number of hydrogen-bond acceptors (Lipinski definition) is 2. The normalized spacial score (nSPS) is 60.0. The SMILES string of the molecule is CCC1CC(CC)C2C3CC(CC3C(=O)OC3(CC)CC4CC3C3C5CCC(C5)C43)C12. The number of carbonyl (C=O) groups excluding carboxylic acids is 1. The first kappa shape index (κ1) is 19.9. The first-order chi connectivity index (χ1) is 15.1. The summed E-state index contributed by atoms with van der Waals surface area (Å²) in [4.78, 5) is 13.8. The molecule has 0 aromatic carbocycles. The topological polar surface area (TPSA) is 26.3 Å². The average Bonchev–Trinajstić information content (AvgIpc) is 3.59. The molecule has 172 valence electrons. The van der Waals surface area contributed by atoms with Crippen LogP contribution >= 0.6 is 0 Å². The highest BCUT2D eigenvalue weighted by molar-refractivity contribution is 5.74. The molecule has 7 aliphatic rings. The molecular formula is C29H44O2. The van der Waals surface area contributed by atoms with Crippen molar-refractivity contribution < 1.29 is 9.53 Å². The highest BCUT2D eigenvalue weighted by Crippen LogP contribution is 2.71. The van der Waals surface area contributed by atoms with Crippen molar-refractivity contribution in [3.63, 3.8) is 0 Å². The van der Waals surface area contributed by atoms with E-state index in [0.29, 0.717) is 11.8 Å². The number of carbonyl (C=O) groups is 1. The molecule has 2 nitrogen and oxygen atoms in total. The van der Waals surface area contributed by atoms with E-state index in [2.05, 4.69) is 20.8 Å². The Bertz CT molecular complexity index is 760. The van der Waals surface area contributed by atoms with Gasteiger partial charge in [-0.15, -0.1) is 0 Å². The summed E-state index contributed by atoms with van der Waals surface area (Å²) in [5.74, 6) is 11.0. The monoisotopic (exact) mass is 424 g/mol. The van der Waals surface area contributed by atoms with E-state index in [9.17, 15) is 4.79 Å². The molecule has 6 bridgehead atoms. The molecule has 0 aliphatic heterocycles. The zero-order valence-corrected chi connectivity index (χ0v) is 20.1. The van der Waals surface area contributed by atoms with Gasteiger partial charge in [0.15, 0.2) is 0 Å². The van der Waals surface area contributed by atoms with E-state index in [0.717, 1.165) is 72.0 Å². The van der Waals surface area contributed by atoms with E-state index in [1.807, 2.05) is 0 Å². The highest BCUT2D eigenvalue weighted by atomic mass is 16.6. The lowest BCUT2D eigenvalue weighted by atomic mass is 9.65. The van der Waals surface area contributed by atoms with Crippen LogP contribution in [-0.4, -0.2) is 11.6 Å². The summed E-state index contributed by atoms with van der Waals surface area (Å²) in [6.45, 7) is 7.12. The fourth-order valence-electron chi connectivity index (χ4n) is 12.2. The largest absolute Gasteiger partial charge is 0.459 e. The van der Waals surface area contributed by atoms with Crippen molar-refractivity contribution in [2.75, 3.05) is 0 Å². The maximum Gasteiger partial charge on any atom is 0.309 e. The Kier molecular flexibility index (Phi) is 4.33. The van der Waals surface area contributed by atoms with Crippen molar-refractivity contribution >= 4 is 5.97 Å².